The summed E-state index contributed by atoms with van der Waals surface area (Å²) in [5.41, 5.74) is -0.502. The Bertz CT molecular complexity index is 385. The van der Waals surface area contributed by atoms with Crippen LogP contribution in [0.1, 0.15) is 24.5 Å². The van der Waals surface area contributed by atoms with E-state index >= 15 is 0 Å². The monoisotopic (exact) mass is 208 g/mol. The molecule has 3 heteroatoms. The molecule has 0 aliphatic carbocycles. The summed E-state index contributed by atoms with van der Waals surface area (Å²) < 4.78 is 19.1. The summed E-state index contributed by atoms with van der Waals surface area (Å²) in [7, 11) is 0. The van der Waals surface area contributed by atoms with Gasteiger partial charge in [0.05, 0.1) is 6.61 Å². The van der Waals surface area contributed by atoms with Crippen molar-refractivity contribution in [3.8, 4) is 5.75 Å². The fraction of sp³-hybridized carbons (Fsp3) is 0.417. The highest BCUT2D eigenvalue weighted by Gasteiger charge is 2.26. The molecule has 1 heterocycles. The van der Waals surface area contributed by atoms with E-state index in [4.69, 9.17) is 4.74 Å². The van der Waals surface area contributed by atoms with Crippen molar-refractivity contribution in [2.24, 2.45) is 0 Å². The van der Waals surface area contributed by atoms with Crippen LogP contribution >= 0.6 is 0 Å². The lowest BCUT2D eigenvalue weighted by Crippen LogP contribution is -2.18. The molecule has 0 spiro atoms. The molecule has 0 fully saturated rings. The second kappa shape index (κ2) is 3.65. The van der Waals surface area contributed by atoms with E-state index in [1.807, 2.05) is 0 Å². The van der Waals surface area contributed by atoms with Crippen molar-refractivity contribution in [3.05, 3.63) is 29.3 Å². The fourth-order valence-electron chi connectivity index (χ4n) is 1.73. The van der Waals surface area contributed by atoms with Gasteiger partial charge in [-0.25, -0.2) is 4.39 Å². The lowest BCUT2D eigenvalue weighted by molar-refractivity contribution is -0.117. The Morgan fingerprint density at radius 3 is 3.07 bits per heavy atom. The molecule has 2 nitrogen and oxygen atoms in total. The smallest absolute Gasteiger partial charge is 0.187 e. The fourth-order valence-corrected chi connectivity index (χ4v) is 1.73. The summed E-state index contributed by atoms with van der Waals surface area (Å²) in [5.74, 6) is 0.812. The summed E-state index contributed by atoms with van der Waals surface area (Å²) in [5, 5.41) is 0. The highest BCUT2D eigenvalue weighted by Crippen LogP contribution is 2.30. The first-order chi connectivity index (χ1) is 7.13. The van der Waals surface area contributed by atoms with Crippen LogP contribution in [0.5, 0.6) is 5.75 Å². The summed E-state index contributed by atoms with van der Waals surface area (Å²) >= 11 is 0. The molecule has 1 aliphatic rings. The van der Waals surface area contributed by atoms with Gasteiger partial charge < -0.3 is 4.74 Å². The molecule has 0 aromatic heterocycles. The summed E-state index contributed by atoms with van der Waals surface area (Å²) in [6, 6.07) is 5.08. The number of alkyl halides is 1. The molecule has 0 radical (unpaired) electrons. The van der Waals surface area contributed by atoms with Crippen molar-refractivity contribution in [2.75, 3.05) is 6.61 Å². The Hall–Kier alpha value is -1.38. The molecule has 80 valence electrons. The number of halogens is 1. The van der Waals surface area contributed by atoms with Crippen molar-refractivity contribution in [2.45, 2.75) is 25.4 Å². The molecule has 0 saturated heterocycles. The number of carbonyl (C=O) groups excluding carboxylic acids is 1. The van der Waals surface area contributed by atoms with Crippen LogP contribution < -0.4 is 4.74 Å². The van der Waals surface area contributed by atoms with Gasteiger partial charge in [-0.1, -0.05) is 6.07 Å². The van der Waals surface area contributed by atoms with Crippen molar-refractivity contribution in [1.29, 1.82) is 0 Å². The van der Waals surface area contributed by atoms with Gasteiger partial charge in [0.2, 0.25) is 0 Å². The van der Waals surface area contributed by atoms with Gasteiger partial charge in [-0.15, -0.1) is 0 Å². The molecule has 15 heavy (non-hydrogen) atoms. The standard InChI is InChI=1S/C12H13FO2/c1-12(13,8-14)10-4-5-11-9(7-10)3-2-6-15-11/h4-5,7-8H,2-3,6H2,1H3. The molecule has 1 aromatic rings. The van der Waals surface area contributed by atoms with Gasteiger partial charge in [-0.3, -0.25) is 4.79 Å². The van der Waals surface area contributed by atoms with Crippen LogP contribution in [0.4, 0.5) is 4.39 Å². The summed E-state index contributed by atoms with van der Waals surface area (Å²) in [6.07, 6.45) is 2.16. The summed E-state index contributed by atoms with van der Waals surface area (Å²) in [6.45, 7) is 1.98. The third-order valence-electron chi connectivity index (χ3n) is 2.69. The van der Waals surface area contributed by atoms with Crippen LogP contribution in [0, 0.1) is 0 Å². The van der Waals surface area contributed by atoms with Crippen LogP contribution in [0.15, 0.2) is 18.2 Å². The van der Waals surface area contributed by atoms with Gasteiger partial charge in [0.1, 0.15) is 5.75 Å². The van der Waals surface area contributed by atoms with E-state index in [9.17, 15) is 9.18 Å². The summed E-state index contributed by atoms with van der Waals surface area (Å²) in [4.78, 5) is 10.6. The second-order valence-corrected chi connectivity index (χ2v) is 3.97. The molecular weight excluding hydrogens is 195 g/mol. The molecule has 2 rings (SSSR count). The number of hydrogen-bond donors (Lipinski definition) is 0. The first-order valence-corrected chi connectivity index (χ1v) is 5.05. The molecule has 0 amide bonds. The maximum Gasteiger partial charge on any atom is 0.187 e. The topological polar surface area (TPSA) is 26.3 Å². The van der Waals surface area contributed by atoms with Crippen molar-refractivity contribution in [1.82, 2.24) is 0 Å². The Morgan fingerprint density at radius 1 is 1.53 bits per heavy atom. The number of hydrogen-bond acceptors (Lipinski definition) is 2. The minimum atomic E-state index is -1.90. The number of carbonyl (C=O) groups is 1. The average Bonchev–Trinajstić information content (AvgIpc) is 2.28. The van der Waals surface area contributed by atoms with Gasteiger partial charge in [-0.2, -0.15) is 0 Å². The zero-order valence-electron chi connectivity index (χ0n) is 8.63. The normalized spacial score (nSPS) is 18.5. The quantitative estimate of drug-likeness (QED) is 0.697. The lowest BCUT2D eigenvalue weighted by Gasteiger charge is -2.20. The van der Waals surface area contributed by atoms with Crippen molar-refractivity contribution in [3.63, 3.8) is 0 Å². The maximum atomic E-state index is 13.7. The van der Waals surface area contributed by atoms with Crippen LogP contribution in [-0.2, 0) is 16.9 Å². The van der Waals surface area contributed by atoms with Gasteiger partial charge in [-0.05, 0) is 43.0 Å². The molecule has 1 aromatic carbocycles. The minimum absolute atomic E-state index is 0.332. The molecule has 0 saturated carbocycles. The predicted octanol–water partition coefficient (Wildman–Crippen LogP) is 2.40. The first kappa shape index (κ1) is 10.1. The Labute approximate surface area is 88.1 Å². The lowest BCUT2D eigenvalue weighted by atomic mass is 9.95. The van der Waals surface area contributed by atoms with Gasteiger partial charge >= 0.3 is 0 Å². The third kappa shape index (κ3) is 1.87. The highest BCUT2D eigenvalue weighted by atomic mass is 19.1. The SMILES string of the molecule is CC(F)(C=O)c1ccc2c(c1)CCCO2. The average molecular weight is 208 g/mol. The van der Waals surface area contributed by atoms with Gasteiger partial charge in [0.25, 0.3) is 0 Å². The maximum absolute atomic E-state index is 13.7. The molecular formula is C12H13FO2. The van der Waals surface area contributed by atoms with Gasteiger partial charge in [0, 0.05) is 0 Å². The molecule has 1 atom stereocenters. The number of benzene rings is 1. The number of aldehydes is 1. The Balaban J connectivity index is 2.40. The second-order valence-electron chi connectivity index (χ2n) is 3.97. The van der Waals surface area contributed by atoms with Crippen LogP contribution in [0.2, 0.25) is 0 Å². The predicted molar refractivity (Wildman–Crippen MR) is 54.8 cm³/mol. The molecule has 0 bridgehead atoms. The first-order valence-electron chi connectivity index (χ1n) is 5.05. The molecule has 1 unspecified atom stereocenters. The van der Waals surface area contributed by atoms with Crippen LogP contribution in [0.3, 0.4) is 0 Å². The van der Waals surface area contributed by atoms with E-state index < -0.39 is 5.67 Å². The van der Waals surface area contributed by atoms with E-state index in [0.29, 0.717) is 18.5 Å². The zero-order chi connectivity index (χ0) is 10.9. The molecule has 1 aliphatic heterocycles. The van der Waals surface area contributed by atoms with E-state index in [1.54, 1.807) is 18.2 Å². The minimum Gasteiger partial charge on any atom is -0.493 e. The number of ether oxygens (including phenoxy) is 1. The van der Waals surface area contributed by atoms with E-state index in [2.05, 4.69) is 0 Å². The van der Waals surface area contributed by atoms with E-state index in [0.717, 1.165) is 24.2 Å². The van der Waals surface area contributed by atoms with Crippen molar-refractivity contribution >= 4 is 6.29 Å². The third-order valence-corrected chi connectivity index (χ3v) is 2.69. The van der Waals surface area contributed by atoms with Gasteiger partial charge in [0.15, 0.2) is 12.0 Å². The van der Waals surface area contributed by atoms with E-state index in [-0.39, 0.29) is 0 Å². The van der Waals surface area contributed by atoms with Crippen LogP contribution in [-0.4, -0.2) is 12.9 Å². The van der Waals surface area contributed by atoms with E-state index in [1.165, 1.54) is 6.92 Å². The zero-order valence-corrected chi connectivity index (χ0v) is 8.63. The largest absolute Gasteiger partial charge is 0.493 e. The molecule has 0 N–H and O–H groups in total. The number of aryl methyl sites for hydroxylation is 1. The Kier molecular flexibility index (Phi) is 2.47. The van der Waals surface area contributed by atoms with Crippen molar-refractivity contribution < 1.29 is 13.9 Å². The number of rotatable bonds is 2. The number of fused-ring (bicyclic) bond motifs is 1. The van der Waals surface area contributed by atoms with Crippen LogP contribution in [0.25, 0.3) is 0 Å². The highest BCUT2D eigenvalue weighted by molar-refractivity contribution is 5.65. The Morgan fingerprint density at radius 2 is 2.33 bits per heavy atom.